The molecule has 0 radical (unpaired) electrons. The number of nitrogens with one attached hydrogen (secondary N) is 2. The second-order valence-electron chi connectivity index (χ2n) is 7.25. The number of hydrogen-bond donors (Lipinski definition) is 3. The number of fused-ring (bicyclic) bond motifs is 1. The molecular weight excluding hydrogens is 426 g/mol. The van der Waals surface area contributed by atoms with E-state index in [2.05, 4.69) is 10.6 Å². The van der Waals surface area contributed by atoms with Crippen molar-refractivity contribution in [3.05, 3.63) is 38.4 Å². The summed E-state index contributed by atoms with van der Waals surface area (Å²) in [6, 6.07) is 2.51. The largest absolute Gasteiger partial charge is 0.454 e. The van der Waals surface area contributed by atoms with Crippen molar-refractivity contribution >= 4 is 51.4 Å². The van der Waals surface area contributed by atoms with Gasteiger partial charge in [0.05, 0.1) is 10.4 Å². The number of carbonyl (C=O) groups is 4. The van der Waals surface area contributed by atoms with Crippen LogP contribution in [0.5, 0.6) is 0 Å². The minimum atomic E-state index is -0.890. The molecule has 4 N–H and O–H groups in total. The molecule has 160 valence electrons. The molecule has 1 aliphatic carbocycles. The third kappa shape index (κ3) is 4.88. The molecule has 1 atom stereocenters. The Kier molecular flexibility index (Phi) is 6.88. The highest BCUT2D eigenvalue weighted by atomic mass is 32.1. The summed E-state index contributed by atoms with van der Waals surface area (Å²) in [6.07, 6.45) is 2.57. The molecule has 1 aliphatic rings. The number of hydrogen-bond acceptors (Lipinski definition) is 7. The average Bonchev–Trinajstić information content (AvgIpc) is 3.40. The second kappa shape index (κ2) is 9.40. The lowest BCUT2D eigenvalue weighted by molar-refractivity contribution is -0.150. The Labute approximate surface area is 181 Å². The predicted molar refractivity (Wildman–Crippen MR) is 115 cm³/mol. The van der Waals surface area contributed by atoms with Gasteiger partial charge >= 0.3 is 5.97 Å². The van der Waals surface area contributed by atoms with E-state index in [-0.39, 0.29) is 11.8 Å². The van der Waals surface area contributed by atoms with Crippen LogP contribution in [-0.4, -0.2) is 36.3 Å². The molecule has 0 saturated carbocycles. The minimum Gasteiger partial charge on any atom is -0.454 e. The molecule has 2 heterocycles. The Hall–Kier alpha value is -2.72. The van der Waals surface area contributed by atoms with Crippen molar-refractivity contribution < 1.29 is 23.9 Å². The van der Waals surface area contributed by atoms with Crippen LogP contribution in [-0.2, 0) is 27.2 Å². The predicted octanol–water partition coefficient (Wildman–Crippen LogP) is 2.33. The lowest BCUT2D eigenvalue weighted by Crippen LogP contribution is -2.45. The molecule has 0 fully saturated rings. The topological polar surface area (TPSA) is 128 Å². The molecule has 3 amide bonds. The molecule has 2 aromatic heterocycles. The number of primary amides is 1. The van der Waals surface area contributed by atoms with Crippen molar-refractivity contribution in [3.8, 4) is 0 Å². The van der Waals surface area contributed by atoms with Gasteiger partial charge in [0.2, 0.25) is 0 Å². The Balaban J connectivity index is 1.59. The first-order valence-corrected chi connectivity index (χ1v) is 11.2. The van der Waals surface area contributed by atoms with Crippen LogP contribution in [0.15, 0.2) is 17.5 Å². The third-order valence-electron chi connectivity index (χ3n) is 4.72. The summed E-state index contributed by atoms with van der Waals surface area (Å²) in [5.74, 6) is -2.46. The number of ether oxygens (including phenoxy) is 1. The number of anilines is 1. The monoisotopic (exact) mass is 449 g/mol. The number of carbonyl (C=O) groups excluding carboxylic acids is 4. The maximum absolute atomic E-state index is 12.5. The Morgan fingerprint density at radius 3 is 2.63 bits per heavy atom. The fourth-order valence-corrected chi connectivity index (χ4v) is 5.20. The number of aryl methyl sites for hydroxylation is 1. The van der Waals surface area contributed by atoms with Crippen molar-refractivity contribution in [1.29, 1.82) is 0 Å². The van der Waals surface area contributed by atoms with Crippen molar-refractivity contribution in [2.24, 2.45) is 11.7 Å². The number of rotatable bonds is 8. The van der Waals surface area contributed by atoms with E-state index in [1.165, 1.54) is 22.7 Å². The lowest BCUT2D eigenvalue weighted by Gasteiger charge is -2.20. The summed E-state index contributed by atoms with van der Waals surface area (Å²) in [6.45, 7) is 3.01. The van der Waals surface area contributed by atoms with Crippen LogP contribution < -0.4 is 16.4 Å². The van der Waals surface area contributed by atoms with Crippen LogP contribution in [0.4, 0.5) is 5.00 Å². The van der Waals surface area contributed by atoms with Gasteiger partial charge in [-0.05, 0) is 42.2 Å². The van der Waals surface area contributed by atoms with Crippen LogP contribution in [0, 0.1) is 5.92 Å². The van der Waals surface area contributed by atoms with E-state index >= 15 is 0 Å². The molecule has 10 heteroatoms. The van der Waals surface area contributed by atoms with Crippen molar-refractivity contribution in [1.82, 2.24) is 5.32 Å². The number of nitrogens with two attached hydrogens (primary N) is 1. The zero-order chi connectivity index (χ0) is 21.8. The van der Waals surface area contributed by atoms with Crippen LogP contribution in [0.2, 0.25) is 0 Å². The van der Waals surface area contributed by atoms with Crippen molar-refractivity contribution in [3.63, 3.8) is 0 Å². The number of thiophene rings is 2. The highest BCUT2D eigenvalue weighted by Gasteiger charge is 2.28. The molecular formula is C20H23N3O5S2. The first kappa shape index (κ1) is 22.0. The summed E-state index contributed by atoms with van der Waals surface area (Å²) < 4.78 is 5.12. The summed E-state index contributed by atoms with van der Waals surface area (Å²) in [4.78, 5) is 50.3. The van der Waals surface area contributed by atoms with Gasteiger partial charge in [-0.15, -0.1) is 22.7 Å². The fraction of sp³-hybridized carbons (Fsp3) is 0.400. The number of amides is 3. The standard InChI is InChI=1S/C20H23N3O5S2/c1-10(2)16(23-18(26)13-7-4-8-29-13)20(27)28-9-14(24)22-19-15(17(21)25)11-5-3-6-12(11)30-19/h4,7-8,10,16H,3,5-6,9H2,1-2H3,(H2,21,25)(H,22,24)(H,23,26). The van der Waals surface area contributed by atoms with E-state index in [1.807, 2.05) is 0 Å². The van der Waals surface area contributed by atoms with Gasteiger partial charge in [-0.3, -0.25) is 14.4 Å². The quantitative estimate of drug-likeness (QED) is 0.533. The van der Waals surface area contributed by atoms with Gasteiger partial charge in [0.1, 0.15) is 11.0 Å². The van der Waals surface area contributed by atoms with Gasteiger partial charge in [-0.25, -0.2) is 4.79 Å². The summed E-state index contributed by atoms with van der Waals surface area (Å²) in [5.41, 5.74) is 6.72. The zero-order valence-electron chi connectivity index (χ0n) is 16.7. The third-order valence-corrected chi connectivity index (χ3v) is 6.79. The van der Waals surface area contributed by atoms with Gasteiger partial charge in [0.15, 0.2) is 6.61 Å². The first-order valence-electron chi connectivity index (χ1n) is 9.53. The van der Waals surface area contributed by atoms with Crippen LogP contribution >= 0.6 is 22.7 Å². The highest BCUT2D eigenvalue weighted by molar-refractivity contribution is 7.17. The summed E-state index contributed by atoms with van der Waals surface area (Å²) in [5, 5.41) is 7.43. The van der Waals surface area contributed by atoms with Gasteiger partial charge < -0.3 is 21.1 Å². The Morgan fingerprint density at radius 1 is 1.23 bits per heavy atom. The van der Waals surface area contributed by atoms with Gasteiger partial charge in [0, 0.05) is 4.88 Å². The maximum atomic E-state index is 12.5. The molecule has 8 nitrogen and oxygen atoms in total. The molecule has 0 spiro atoms. The minimum absolute atomic E-state index is 0.230. The molecule has 1 unspecified atom stereocenters. The van der Waals surface area contributed by atoms with Crippen LogP contribution in [0.1, 0.15) is 50.7 Å². The SMILES string of the molecule is CC(C)C(NC(=O)c1cccs1)C(=O)OCC(=O)Nc1sc2c(c1C(N)=O)CCC2. The molecule has 30 heavy (non-hydrogen) atoms. The molecule has 2 aromatic rings. The van der Waals surface area contributed by atoms with E-state index in [4.69, 9.17) is 10.5 Å². The molecule has 0 saturated heterocycles. The number of esters is 1. The van der Waals surface area contributed by atoms with Crippen LogP contribution in [0.3, 0.4) is 0 Å². The second-order valence-corrected chi connectivity index (χ2v) is 9.31. The molecule has 3 rings (SSSR count). The van der Waals surface area contributed by atoms with Crippen LogP contribution in [0.25, 0.3) is 0 Å². The van der Waals surface area contributed by atoms with Gasteiger partial charge in [-0.1, -0.05) is 19.9 Å². The van der Waals surface area contributed by atoms with E-state index in [0.29, 0.717) is 15.4 Å². The zero-order valence-corrected chi connectivity index (χ0v) is 18.3. The normalized spacial score (nSPS) is 13.6. The highest BCUT2D eigenvalue weighted by Crippen LogP contribution is 2.38. The maximum Gasteiger partial charge on any atom is 0.329 e. The first-order chi connectivity index (χ1) is 14.3. The summed E-state index contributed by atoms with van der Waals surface area (Å²) in [7, 11) is 0. The van der Waals surface area contributed by atoms with E-state index in [1.54, 1.807) is 31.4 Å². The fourth-order valence-electron chi connectivity index (χ4n) is 3.26. The van der Waals surface area contributed by atoms with Gasteiger partial charge in [-0.2, -0.15) is 0 Å². The Bertz CT molecular complexity index is 966. The smallest absolute Gasteiger partial charge is 0.329 e. The molecule has 0 aliphatic heterocycles. The molecule has 0 aromatic carbocycles. The lowest BCUT2D eigenvalue weighted by atomic mass is 10.0. The average molecular weight is 450 g/mol. The van der Waals surface area contributed by atoms with E-state index in [9.17, 15) is 19.2 Å². The van der Waals surface area contributed by atoms with E-state index in [0.717, 1.165) is 29.7 Å². The van der Waals surface area contributed by atoms with Crippen molar-refractivity contribution in [2.45, 2.75) is 39.2 Å². The van der Waals surface area contributed by atoms with Gasteiger partial charge in [0.25, 0.3) is 17.7 Å². The Morgan fingerprint density at radius 2 is 2.00 bits per heavy atom. The van der Waals surface area contributed by atoms with E-state index < -0.39 is 30.4 Å². The summed E-state index contributed by atoms with van der Waals surface area (Å²) >= 11 is 2.59. The molecule has 0 bridgehead atoms. The van der Waals surface area contributed by atoms with Crippen molar-refractivity contribution in [2.75, 3.05) is 11.9 Å².